The van der Waals surface area contributed by atoms with Crippen LogP contribution in [0.4, 0.5) is 0 Å². The molecule has 2 rings (SSSR count). The van der Waals surface area contributed by atoms with E-state index in [2.05, 4.69) is 6.07 Å². The number of rotatable bonds is 3. The van der Waals surface area contributed by atoms with Crippen LogP contribution >= 0.6 is 23.1 Å². The number of hydrogen-bond acceptors (Lipinski definition) is 4. The molecular weight excluding hydrogens is 216 g/mol. The van der Waals surface area contributed by atoms with E-state index >= 15 is 0 Å². The molecule has 1 aromatic rings. The SMILES string of the molecule is OCc1ccc(SC2CCOCC2)s1. The predicted molar refractivity (Wildman–Crippen MR) is 59.9 cm³/mol. The number of ether oxygens (including phenoxy) is 1. The van der Waals surface area contributed by atoms with Crippen LogP contribution in [0, 0.1) is 0 Å². The fourth-order valence-electron chi connectivity index (χ4n) is 1.46. The maximum atomic E-state index is 8.94. The lowest BCUT2D eigenvalue weighted by Crippen LogP contribution is -2.16. The van der Waals surface area contributed by atoms with Gasteiger partial charge in [-0.3, -0.25) is 0 Å². The Labute approximate surface area is 92.3 Å². The van der Waals surface area contributed by atoms with Gasteiger partial charge < -0.3 is 9.84 Å². The molecule has 1 N–H and O–H groups in total. The van der Waals surface area contributed by atoms with E-state index in [1.54, 1.807) is 11.3 Å². The highest BCUT2D eigenvalue weighted by atomic mass is 32.2. The molecule has 1 aliphatic heterocycles. The highest BCUT2D eigenvalue weighted by Gasteiger charge is 2.15. The molecule has 0 amide bonds. The summed E-state index contributed by atoms with van der Waals surface area (Å²) >= 11 is 3.63. The van der Waals surface area contributed by atoms with Gasteiger partial charge in [-0.1, -0.05) is 0 Å². The molecule has 1 fully saturated rings. The van der Waals surface area contributed by atoms with E-state index in [0.717, 1.165) is 30.9 Å². The molecule has 0 unspecified atom stereocenters. The van der Waals surface area contributed by atoms with E-state index in [4.69, 9.17) is 9.84 Å². The highest BCUT2D eigenvalue weighted by Crippen LogP contribution is 2.34. The second-order valence-electron chi connectivity index (χ2n) is 3.31. The van der Waals surface area contributed by atoms with Gasteiger partial charge in [0.25, 0.3) is 0 Å². The van der Waals surface area contributed by atoms with Crippen LogP contribution < -0.4 is 0 Å². The summed E-state index contributed by atoms with van der Waals surface area (Å²) in [6.07, 6.45) is 2.30. The summed E-state index contributed by atoms with van der Waals surface area (Å²) in [4.78, 5) is 1.06. The summed E-state index contributed by atoms with van der Waals surface area (Å²) in [6, 6.07) is 4.11. The van der Waals surface area contributed by atoms with Gasteiger partial charge in [-0.15, -0.1) is 23.1 Å². The normalized spacial score (nSPS) is 18.6. The topological polar surface area (TPSA) is 29.5 Å². The molecular formula is C10H14O2S2. The Hall–Kier alpha value is -0.0300. The van der Waals surface area contributed by atoms with Gasteiger partial charge in [-0.2, -0.15) is 0 Å². The first-order valence-corrected chi connectivity index (χ1v) is 6.52. The van der Waals surface area contributed by atoms with Crippen molar-refractivity contribution < 1.29 is 9.84 Å². The maximum absolute atomic E-state index is 8.94. The van der Waals surface area contributed by atoms with Crippen LogP contribution in [0.5, 0.6) is 0 Å². The third-order valence-electron chi connectivity index (χ3n) is 2.24. The van der Waals surface area contributed by atoms with Crippen molar-refractivity contribution in [1.29, 1.82) is 0 Å². The average molecular weight is 230 g/mol. The summed E-state index contributed by atoms with van der Waals surface area (Å²) in [5, 5.41) is 9.64. The molecule has 1 saturated heterocycles. The van der Waals surface area contributed by atoms with Crippen molar-refractivity contribution in [3.63, 3.8) is 0 Å². The quantitative estimate of drug-likeness (QED) is 0.865. The van der Waals surface area contributed by atoms with Crippen molar-refractivity contribution in [2.75, 3.05) is 13.2 Å². The molecule has 14 heavy (non-hydrogen) atoms. The maximum Gasteiger partial charge on any atom is 0.0774 e. The van der Waals surface area contributed by atoms with Gasteiger partial charge in [0, 0.05) is 23.3 Å². The molecule has 1 aromatic heterocycles. The van der Waals surface area contributed by atoms with Gasteiger partial charge in [0.1, 0.15) is 0 Å². The average Bonchev–Trinajstić information content (AvgIpc) is 2.67. The molecule has 1 aliphatic rings. The van der Waals surface area contributed by atoms with Crippen LogP contribution in [0.3, 0.4) is 0 Å². The lowest BCUT2D eigenvalue weighted by Gasteiger charge is -2.20. The van der Waals surface area contributed by atoms with Gasteiger partial charge in [0.05, 0.1) is 10.8 Å². The number of hydrogen-bond donors (Lipinski definition) is 1. The van der Waals surface area contributed by atoms with Gasteiger partial charge in [-0.25, -0.2) is 0 Å². The van der Waals surface area contributed by atoms with Crippen molar-refractivity contribution in [1.82, 2.24) is 0 Å². The Morgan fingerprint density at radius 2 is 2.21 bits per heavy atom. The minimum atomic E-state index is 0.166. The Bertz CT molecular complexity index is 279. The summed E-state index contributed by atoms with van der Waals surface area (Å²) in [6.45, 7) is 1.96. The first kappa shape index (κ1) is 10.5. The van der Waals surface area contributed by atoms with Crippen LogP contribution in [0.15, 0.2) is 16.3 Å². The van der Waals surface area contributed by atoms with E-state index in [1.165, 1.54) is 4.21 Å². The Balaban J connectivity index is 1.89. The lowest BCUT2D eigenvalue weighted by atomic mass is 10.2. The van der Waals surface area contributed by atoms with Crippen molar-refractivity contribution in [2.24, 2.45) is 0 Å². The zero-order valence-electron chi connectivity index (χ0n) is 7.94. The van der Waals surface area contributed by atoms with Crippen molar-refractivity contribution in [3.05, 3.63) is 17.0 Å². The summed E-state index contributed by atoms with van der Waals surface area (Å²) < 4.78 is 6.63. The summed E-state index contributed by atoms with van der Waals surface area (Å²) in [7, 11) is 0. The first-order valence-electron chi connectivity index (χ1n) is 4.82. The molecule has 2 nitrogen and oxygen atoms in total. The number of thioether (sulfide) groups is 1. The molecule has 0 atom stereocenters. The Morgan fingerprint density at radius 1 is 1.43 bits per heavy atom. The van der Waals surface area contributed by atoms with Crippen molar-refractivity contribution in [3.8, 4) is 0 Å². The van der Waals surface area contributed by atoms with E-state index in [9.17, 15) is 0 Å². The molecule has 0 aromatic carbocycles. The largest absolute Gasteiger partial charge is 0.391 e. The number of thiophene rings is 1. The van der Waals surface area contributed by atoms with Crippen LogP contribution in [0.25, 0.3) is 0 Å². The molecule has 0 saturated carbocycles. The zero-order chi connectivity index (χ0) is 9.80. The molecule has 78 valence electrons. The minimum Gasteiger partial charge on any atom is -0.391 e. The van der Waals surface area contributed by atoms with Crippen LogP contribution in [-0.4, -0.2) is 23.6 Å². The Morgan fingerprint density at radius 3 is 2.86 bits per heavy atom. The summed E-state index contributed by atoms with van der Waals surface area (Å²) in [5.74, 6) is 0. The third kappa shape index (κ3) is 2.73. The third-order valence-corrected chi connectivity index (χ3v) is 4.82. The smallest absolute Gasteiger partial charge is 0.0774 e. The van der Waals surface area contributed by atoms with E-state index in [0.29, 0.717) is 5.25 Å². The highest BCUT2D eigenvalue weighted by molar-refractivity contribution is 8.01. The predicted octanol–water partition coefficient (Wildman–Crippen LogP) is 2.51. The lowest BCUT2D eigenvalue weighted by molar-refractivity contribution is 0.100. The second kappa shape index (κ2) is 5.16. The monoisotopic (exact) mass is 230 g/mol. The molecule has 0 radical (unpaired) electrons. The molecule has 0 bridgehead atoms. The van der Waals surface area contributed by atoms with Crippen LogP contribution in [0.1, 0.15) is 17.7 Å². The van der Waals surface area contributed by atoms with E-state index in [1.807, 2.05) is 17.8 Å². The number of aliphatic hydroxyl groups is 1. The zero-order valence-corrected chi connectivity index (χ0v) is 9.57. The first-order chi connectivity index (χ1) is 6.88. The van der Waals surface area contributed by atoms with Gasteiger partial charge >= 0.3 is 0 Å². The van der Waals surface area contributed by atoms with Crippen molar-refractivity contribution in [2.45, 2.75) is 28.9 Å². The molecule has 4 heteroatoms. The van der Waals surface area contributed by atoms with Crippen LogP contribution in [-0.2, 0) is 11.3 Å². The van der Waals surface area contributed by atoms with Gasteiger partial charge in [-0.05, 0) is 25.0 Å². The van der Waals surface area contributed by atoms with Crippen molar-refractivity contribution >= 4 is 23.1 Å². The van der Waals surface area contributed by atoms with E-state index in [-0.39, 0.29) is 6.61 Å². The van der Waals surface area contributed by atoms with Crippen LogP contribution in [0.2, 0.25) is 0 Å². The molecule has 0 aliphatic carbocycles. The molecule has 2 heterocycles. The standard InChI is InChI=1S/C10H14O2S2/c11-7-9-1-2-10(14-9)13-8-3-5-12-6-4-8/h1-2,8,11H,3-7H2. The van der Waals surface area contributed by atoms with Gasteiger partial charge in [0.15, 0.2) is 0 Å². The fraction of sp³-hybridized carbons (Fsp3) is 0.600. The minimum absolute atomic E-state index is 0.166. The fourth-order valence-corrected chi connectivity index (χ4v) is 3.88. The number of aliphatic hydroxyl groups excluding tert-OH is 1. The Kier molecular flexibility index (Phi) is 3.87. The van der Waals surface area contributed by atoms with E-state index < -0.39 is 0 Å². The van der Waals surface area contributed by atoms with Gasteiger partial charge in [0.2, 0.25) is 0 Å². The molecule has 0 spiro atoms. The second-order valence-corrected chi connectivity index (χ2v) is 6.08. The summed E-state index contributed by atoms with van der Waals surface area (Å²) in [5.41, 5.74) is 0.